The van der Waals surface area contributed by atoms with E-state index in [-0.39, 0.29) is 25.8 Å². The number of rotatable bonds is 9. The molecule has 1 unspecified atom stereocenters. The van der Waals surface area contributed by atoms with Gasteiger partial charge in [0, 0.05) is 54.1 Å². The molecule has 3 aromatic rings. The monoisotopic (exact) mass is 407 g/mol. The molecule has 0 fully saturated rings. The topological polar surface area (TPSA) is 86.5 Å². The standard InChI is InChI=1S/C22H22FN5O.CH4/c1-24-8-9-25-7-6-21-10-17(19-13-26-27-14-19)11-22(28-21)12-18(15-29)16-2-4-20(23)5-3-16;/h2-5,7-11,13-14,18,29H,1,6,12,15H2,(H,26,27);1H4/b9-8-,25-7?;. The zero-order valence-electron chi connectivity index (χ0n) is 15.9. The number of aliphatic hydroxyl groups excluding tert-OH is 1. The summed E-state index contributed by atoms with van der Waals surface area (Å²) in [5, 5.41) is 16.7. The van der Waals surface area contributed by atoms with Crippen LogP contribution < -0.4 is 0 Å². The molecule has 0 saturated heterocycles. The number of halogens is 1. The highest BCUT2D eigenvalue weighted by Crippen LogP contribution is 2.25. The van der Waals surface area contributed by atoms with Crippen molar-refractivity contribution in [2.45, 2.75) is 26.2 Å². The Morgan fingerprint density at radius 3 is 2.57 bits per heavy atom. The molecule has 1 aromatic carbocycles. The predicted octanol–water partition coefficient (Wildman–Crippen LogP) is 4.35. The number of aromatic nitrogens is 3. The van der Waals surface area contributed by atoms with Crippen LogP contribution in [0.1, 0.15) is 30.3 Å². The van der Waals surface area contributed by atoms with Gasteiger partial charge in [0.1, 0.15) is 5.82 Å². The first-order chi connectivity index (χ1) is 14.2. The molecule has 0 aliphatic rings. The van der Waals surface area contributed by atoms with Crippen molar-refractivity contribution >= 4 is 12.9 Å². The summed E-state index contributed by atoms with van der Waals surface area (Å²) in [6.07, 6.45) is 9.45. The highest BCUT2D eigenvalue weighted by Gasteiger charge is 2.14. The first kappa shape index (κ1) is 22.8. The van der Waals surface area contributed by atoms with E-state index in [1.807, 2.05) is 18.3 Å². The fourth-order valence-electron chi connectivity index (χ4n) is 3.00. The number of benzene rings is 1. The van der Waals surface area contributed by atoms with E-state index in [0.717, 1.165) is 28.1 Å². The van der Waals surface area contributed by atoms with Crippen LogP contribution in [0.4, 0.5) is 4.39 Å². The Morgan fingerprint density at radius 1 is 1.13 bits per heavy atom. The average molecular weight is 407 g/mol. The highest BCUT2D eigenvalue weighted by atomic mass is 19.1. The molecule has 3 rings (SSSR count). The lowest BCUT2D eigenvalue weighted by molar-refractivity contribution is 0.263. The molecule has 2 aromatic heterocycles. The molecule has 0 radical (unpaired) electrons. The normalized spacial score (nSPS) is 12.2. The first-order valence-electron chi connectivity index (χ1n) is 9.17. The Kier molecular flexibility index (Phi) is 8.77. The molecule has 1 atom stereocenters. The maximum absolute atomic E-state index is 13.2. The Hall–Kier alpha value is -3.45. The molecular formula is C23H26FN5O. The van der Waals surface area contributed by atoms with Crippen LogP contribution in [0.5, 0.6) is 0 Å². The minimum Gasteiger partial charge on any atom is -0.396 e. The number of pyridine rings is 1. The summed E-state index contributed by atoms with van der Waals surface area (Å²) in [7, 11) is 0. The van der Waals surface area contributed by atoms with Gasteiger partial charge in [-0.2, -0.15) is 5.10 Å². The second-order valence-electron chi connectivity index (χ2n) is 6.48. The summed E-state index contributed by atoms with van der Waals surface area (Å²) < 4.78 is 13.2. The minimum absolute atomic E-state index is 0. The van der Waals surface area contributed by atoms with Crippen LogP contribution in [0.25, 0.3) is 11.1 Å². The van der Waals surface area contributed by atoms with Crippen LogP contribution in [0.2, 0.25) is 0 Å². The predicted molar refractivity (Wildman–Crippen MR) is 119 cm³/mol. The van der Waals surface area contributed by atoms with E-state index in [4.69, 9.17) is 4.98 Å². The van der Waals surface area contributed by atoms with Gasteiger partial charge >= 0.3 is 0 Å². The van der Waals surface area contributed by atoms with E-state index in [1.54, 1.807) is 30.7 Å². The molecule has 30 heavy (non-hydrogen) atoms. The number of aliphatic imine (C=N–C) groups is 2. The number of hydrogen-bond acceptors (Lipinski definition) is 5. The minimum atomic E-state index is -0.298. The van der Waals surface area contributed by atoms with Crippen LogP contribution in [0, 0.1) is 5.82 Å². The SMILES string of the molecule is C.C=N/C=C\N=CCc1cc(-c2cn[nH]c2)cc(CC(CO)c2ccc(F)cc2)n1. The summed E-state index contributed by atoms with van der Waals surface area (Å²) in [5.41, 5.74) is 4.47. The highest BCUT2D eigenvalue weighted by molar-refractivity contribution is 5.66. The summed E-state index contributed by atoms with van der Waals surface area (Å²) in [5.74, 6) is -0.474. The van der Waals surface area contributed by atoms with E-state index in [1.165, 1.54) is 18.3 Å². The van der Waals surface area contributed by atoms with Crippen molar-refractivity contribution in [1.82, 2.24) is 15.2 Å². The number of aromatic amines is 1. The Morgan fingerprint density at radius 2 is 1.90 bits per heavy atom. The van der Waals surface area contributed by atoms with Crippen molar-refractivity contribution in [2.75, 3.05) is 6.61 Å². The molecular weight excluding hydrogens is 381 g/mol. The van der Waals surface area contributed by atoms with E-state index >= 15 is 0 Å². The van der Waals surface area contributed by atoms with Gasteiger partial charge in [0.05, 0.1) is 12.8 Å². The quantitative estimate of drug-likeness (QED) is 0.517. The van der Waals surface area contributed by atoms with Crippen molar-refractivity contribution in [3.63, 3.8) is 0 Å². The van der Waals surface area contributed by atoms with Crippen LogP contribution in [0.3, 0.4) is 0 Å². The molecule has 0 aliphatic heterocycles. The number of H-pyrrole nitrogens is 1. The fraction of sp³-hybridized carbons (Fsp3) is 0.217. The molecule has 2 heterocycles. The van der Waals surface area contributed by atoms with Crippen LogP contribution >= 0.6 is 0 Å². The number of aliphatic hydroxyl groups is 1. The van der Waals surface area contributed by atoms with Crippen LogP contribution in [0.15, 0.2) is 71.2 Å². The number of hydrogen-bond donors (Lipinski definition) is 2. The van der Waals surface area contributed by atoms with Gasteiger partial charge in [0.25, 0.3) is 0 Å². The third-order valence-electron chi connectivity index (χ3n) is 4.44. The van der Waals surface area contributed by atoms with Gasteiger partial charge in [0.15, 0.2) is 0 Å². The molecule has 0 bridgehead atoms. The van der Waals surface area contributed by atoms with Gasteiger partial charge in [-0.3, -0.25) is 20.1 Å². The second kappa shape index (κ2) is 11.5. The van der Waals surface area contributed by atoms with Crippen molar-refractivity contribution in [3.05, 3.63) is 84.0 Å². The third-order valence-corrected chi connectivity index (χ3v) is 4.44. The van der Waals surface area contributed by atoms with Crippen molar-refractivity contribution in [1.29, 1.82) is 0 Å². The summed E-state index contributed by atoms with van der Waals surface area (Å²) >= 11 is 0. The van der Waals surface area contributed by atoms with Crippen molar-refractivity contribution < 1.29 is 9.50 Å². The molecule has 6 nitrogen and oxygen atoms in total. The third kappa shape index (κ3) is 6.28. The number of nitrogens with zero attached hydrogens (tertiary/aromatic N) is 4. The zero-order valence-corrected chi connectivity index (χ0v) is 15.9. The lowest BCUT2D eigenvalue weighted by atomic mass is 9.93. The molecule has 0 spiro atoms. The summed E-state index contributed by atoms with van der Waals surface area (Å²) in [6.45, 7) is 3.30. The maximum atomic E-state index is 13.2. The first-order valence-corrected chi connectivity index (χ1v) is 9.17. The van der Waals surface area contributed by atoms with Gasteiger partial charge in [-0.1, -0.05) is 19.6 Å². The summed E-state index contributed by atoms with van der Waals surface area (Å²) in [4.78, 5) is 12.5. The molecule has 7 heteroatoms. The van der Waals surface area contributed by atoms with Crippen LogP contribution in [-0.2, 0) is 12.8 Å². The smallest absolute Gasteiger partial charge is 0.123 e. The van der Waals surface area contributed by atoms with E-state index in [2.05, 4.69) is 26.9 Å². The van der Waals surface area contributed by atoms with Gasteiger partial charge in [0.2, 0.25) is 0 Å². The van der Waals surface area contributed by atoms with Gasteiger partial charge in [-0.25, -0.2) is 4.39 Å². The lowest BCUT2D eigenvalue weighted by Crippen LogP contribution is -2.10. The van der Waals surface area contributed by atoms with Crippen LogP contribution in [-0.4, -0.2) is 39.8 Å². The van der Waals surface area contributed by atoms with Gasteiger partial charge in [-0.05, 0) is 48.5 Å². The Labute approximate surface area is 176 Å². The largest absolute Gasteiger partial charge is 0.396 e. The van der Waals surface area contributed by atoms with E-state index in [9.17, 15) is 9.50 Å². The molecule has 0 saturated carbocycles. The Balaban J connectivity index is 0.00000320. The second-order valence-corrected chi connectivity index (χ2v) is 6.48. The Bertz CT molecular complexity index is 981. The molecule has 156 valence electrons. The molecule has 0 aliphatic carbocycles. The molecule has 0 amide bonds. The van der Waals surface area contributed by atoms with Crippen molar-refractivity contribution in [3.8, 4) is 11.1 Å². The number of nitrogens with one attached hydrogen (secondary N) is 1. The van der Waals surface area contributed by atoms with Gasteiger partial charge < -0.3 is 5.11 Å². The average Bonchev–Trinajstić information content (AvgIpc) is 3.27. The fourth-order valence-corrected chi connectivity index (χ4v) is 3.00. The molecule has 2 N–H and O–H groups in total. The van der Waals surface area contributed by atoms with Gasteiger partial charge in [-0.15, -0.1) is 0 Å². The summed E-state index contributed by atoms with van der Waals surface area (Å²) in [6, 6.07) is 10.2. The van der Waals surface area contributed by atoms with Crippen molar-refractivity contribution in [2.24, 2.45) is 9.98 Å². The maximum Gasteiger partial charge on any atom is 0.123 e. The zero-order chi connectivity index (χ0) is 20.5. The lowest BCUT2D eigenvalue weighted by Gasteiger charge is -2.15. The van der Waals surface area contributed by atoms with E-state index in [0.29, 0.717) is 12.8 Å². The van der Waals surface area contributed by atoms with E-state index < -0.39 is 0 Å².